The topological polar surface area (TPSA) is 137 Å². The van der Waals surface area contributed by atoms with E-state index in [1.807, 2.05) is 72.2 Å². The van der Waals surface area contributed by atoms with Gasteiger partial charge < -0.3 is 9.88 Å². The Labute approximate surface area is 323 Å². The Hall–Kier alpha value is -5.63. The van der Waals surface area contributed by atoms with E-state index in [4.69, 9.17) is 16.6 Å². The fraction of sp³-hybridized carbons (Fsp3) is 0.175. The molecule has 4 aromatic carbocycles. The molecule has 1 N–H and O–H groups in total. The molecule has 1 amide bonds. The third-order valence-electron chi connectivity index (χ3n) is 9.02. The van der Waals surface area contributed by atoms with Crippen LogP contribution in [-0.4, -0.2) is 30.2 Å². The van der Waals surface area contributed by atoms with Crippen LogP contribution in [0.3, 0.4) is 0 Å². The van der Waals surface area contributed by atoms with Crippen molar-refractivity contribution in [3.63, 3.8) is 0 Å². The molecular weight excluding hydrogens is 742 g/mol. The number of thiazole rings is 1. The summed E-state index contributed by atoms with van der Waals surface area (Å²) in [5.41, 5.74) is 4.05. The first-order chi connectivity index (χ1) is 26.0. The van der Waals surface area contributed by atoms with Gasteiger partial charge in [-0.2, -0.15) is 0 Å². The van der Waals surface area contributed by atoms with Crippen LogP contribution in [-0.2, 0) is 11.3 Å². The van der Waals surface area contributed by atoms with Crippen LogP contribution in [0.4, 0.5) is 11.4 Å². The van der Waals surface area contributed by atoms with Crippen molar-refractivity contribution in [3.8, 4) is 11.4 Å². The summed E-state index contributed by atoms with van der Waals surface area (Å²) in [6.07, 6.45) is 1.64. The molecule has 0 radical (unpaired) electrons. The standard InChI is InChI=1S/C40H34ClN7O4S2/c1-5-46-36(27-10-9-11-29(41)20-27)44-45-40(46)53-32-19-18-31(48(51)52)21-28(32)22-33-38(50)47-35(26-16-14-25(15-17-26)23(2)3)34(24(4)42-39(47)54-33)37(49)43-30-12-7-6-8-13-30/h6-23,35H,5H2,1-4H3,(H,43,49)/b33-22+/t35-/m1/s1. The van der Waals surface area contributed by atoms with Gasteiger partial charge in [0.1, 0.15) is 0 Å². The summed E-state index contributed by atoms with van der Waals surface area (Å²) in [5, 5.41) is 24.9. The van der Waals surface area contributed by atoms with Crippen LogP contribution in [0, 0.1) is 10.1 Å². The van der Waals surface area contributed by atoms with Crippen LogP contribution >= 0.6 is 34.7 Å². The van der Waals surface area contributed by atoms with E-state index in [9.17, 15) is 19.7 Å². The number of para-hydroxylation sites is 1. The molecule has 0 fully saturated rings. The van der Waals surface area contributed by atoms with Gasteiger partial charge in [0.05, 0.1) is 26.8 Å². The van der Waals surface area contributed by atoms with Crippen molar-refractivity contribution >= 4 is 58.1 Å². The first-order valence-electron chi connectivity index (χ1n) is 17.2. The van der Waals surface area contributed by atoms with Crippen molar-refractivity contribution in [1.29, 1.82) is 0 Å². The maximum Gasteiger partial charge on any atom is 0.271 e. The molecule has 1 atom stereocenters. The van der Waals surface area contributed by atoms with Gasteiger partial charge in [0.15, 0.2) is 15.8 Å². The summed E-state index contributed by atoms with van der Waals surface area (Å²) in [4.78, 5) is 45.8. The third-order valence-corrected chi connectivity index (χ3v) is 11.3. The summed E-state index contributed by atoms with van der Waals surface area (Å²) >= 11 is 8.71. The van der Waals surface area contributed by atoms with E-state index in [1.165, 1.54) is 23.9 Å². The predicted molar refractivity (Wildman–Crippen MR) is 213 cm³/mol. The first-order valence-corrected chi connectivity index (χ1v) is 19.2. The lowest BCUT2D eigenvalue weighted by atomic mass is 9.93. The highest BCUT2D eigenvalue weighted by atomic mass is 35.5. The average molecular weight is 776 g/mol. The zero-order chi connectivity index (χ0) is 38.1. The SMILES string of the molecule is CCn1c(Sc2ccc([N+](=O)[O-])cc2/C=c2/sc3n(c2=O)[C@H](c2ccc(C(C)C)cc2)C(C(=O)Nc2ccccc2)=C(C)N=3)nnc1-c1cccc(Cl)c1. The van der Waals surface area contributed by atoms with Gasteiger partial charge in [-0.15, -0.1) is 10.2 Å². The number of hydrogen-bond donors (Lipinski definition) is 1. The summed E-state index contributed by atoms with van der Waals surface area (Å²) in [7, 11) is 0. The number of carbonyl (C=O) groups excluding carboxylic acids is 1. The van der Waals surface area contributed by atoms with E-state index in [-0.39, 0.29) is 23.1 Å². The molecule has 0 bridgehead atoms. The van der Waals surface area contributed by atoms with Crippen molar-refractivity contribution < 1.29 is 9.72 Å². The third kappa shape index (κ3) is 7.30. The van der Waals surface area contributed by atoms with Gasteiger partial charge in [0.2, 0.25) is 0 Å². The van der Waals surface area contributed by atoms with Gasteiger partial charge in [-0.1, -0.05) is 91.4 Å². The number of nitrogens with one attached hydrogen (secondary N) is 1. The molecule has 3 heterocycles. The molecular formula is C40H34ClN7O4S2. The van der Waals surface area contributed by atoms with Crippen LogP contribution in [0.1, 0.15) is 56.3 Å². The van der Waals surface area contributed by atoms with Crippen molar-refractivity contribution in [3.05, 3.63) is 160 Å². The number of nitro groups is 1. The lowest BCUT2D eigenvalue weighted by Crippen LogP contribution is -2.40. The average Bonchev–Trinajstić information content (AvgIpc) is 3.71. The summed E-state index contributed by atoms with van der Waals surface area (Å²) in [6.45, 7) is 8.50. The molecule has 1 aliphatic heterocycles. The zero-order valence-corrected chi connectivity index (χ0v) is 32.1. The summed E-state index contributed by atoms with van der Waals surface area (Å²) in [5.74, 6) is 0.545. The Morgan fingerprint density at radius 1 is 1.04 bits per heavy atom. The van der Waals surface area contributed by atoms with Crippen LogP contribution in [0.15, 0.2) is 128 Å². The Morgan fingerprint density at radius 2 is 1.80 bits per heavy atom. The highest BCUT2D eigenvalue weighted by molar-refractivity contribution is 7.99. The molecule has 54 heavy (non-hydrogen) atoms. The van der Waals surface area contributed by atoms with Crippen molar-refractivity contribution in [2.75, 3.05) is 5.32 Å². The monoisotopic (exact) mass is 775 g/mol. The van der Waals surface area contributed by atoms with Crippen molar-refractivity contribution in [2.24, 2.45) is 4.99 Å². The lowest BCUT2D eigenvalue weighted by molar-refractivity contribution is -0.384. The number of nitro benzene ring substituents is 1. The smallest absolute Gasteiger partial charge is 0.271 e. The molecule has 0 aliphatic carbocycles. The fourth-order valence-corrected chi connectivity index (χ4v) is 8.50. The minimum Gasteiger partial charge on any atom is -0.322 e. The van der Waals surface area contributed by atoms with Gasteiger partial charge in [0, 0.05) is 39.8 Å². The highest BCUT2D eigenvalue weighted by Crippen LogP contribution is 2.35. The second-order valence-electron chi connectivity index (χ2n) is 12.9. The number of nitrogens with zero attached hydrogens (tertiary/aromatic N) is 6. The molecule has 0 saturated carbocycles. The molecule has 1 aliphatic rings. The van der Waals surface area contributed by atoms with E-state index >= 15 is 0 Å². The van der Waals surface area contributed by atoms with E-state index in [1.54, 1.807) is 41.8 Å². The van der Waals surface area contributed by atoms with Gasteiger partial charge in [-0.3, -0.25) is 24.3 Å². The van der Waals surface area contributed by atoms with Gasteiger partial charge in [-0.05, 0) is 84.6 Å². The number of rotatable bonds is 10. The minimum atomic E-state index is -0.778. The molecule has 7 rings (SSSR count). The maximum atomic E-state index is 14.5. The number of non-ortho nitro benzene ring substituents is 1. The largest absolute Gasteiger partial charge is 0.322 e. The number of halogens is 1. The van der Waals surface area contributed by atoms with E-state index in [0.717, 1.165) is 28.0 Å². The number of allylic oxidation sites excluding steroid dienone is 1. The Morgan fingerprint density at radius 3 is 2.48 bits per heavy atom. The van der Waals surface area contributed by atoms with Crippen molar-refractivity contribution in [2.45, 2.75) is 56.3 Å². The quantitative estimate of drug-likeness (QED) is 0.110. The number of hydrogen-bond acceptors (Lipinski definition) is 9. The highest BCUT2D eigenvalue weighted by Gasteiger charge is 2.33. The van der Waals surface area contributed by atoms with Gasteiger partial charge in [0.25, 0.3) is 17.2 Å². The Kier molecular flexibility index (Phi) is 10.5. The van der Waals surface area contributed by atoms with Gasteiger partial charge in [-0.25, -0.2) is 4.99 Å². The van der Waals surface area contributed by atoms with Gasteiger partial charge >= 0.3 is 0 Å². The molecule has 14 heteroatoms. The first kappa shape index (κ1) is 36.7. The summed E-state index contributed by atoms with van der Waals surface area (Å²) in [6, 6.07) is 28.1. The Bertz CT molecular complexity index is 2630. The van der Waals surface area contributed by atoms with Crippen LogP contribution in [0.2, 0.25) is 5.02 Å². The van der Waals surface area contributed by atoms with Crippen LogP contribution in [0.25, 0.3) is 17.5 Å². The number of benzene rings is 4. The van der Waals surface area contributed by atoms with E-state index in [0.29, 0.717) is 59.3 Å². The second kappa shape index (κ2) is 15.4. The second-order valence-corrected chi connectivity index (χ2v) is 15.3. The number of carbonyl (C=O) groups is 1. The Balaban J connectivity index is 1.35. The molecule has 0 spiro atoms. The minimum absolute atomic E-state index is 0.131. The normalized spacial score (nSPS) is 14.3. The van der Waals surface area contributed by atoms with Crippen molar-refractivity contribution in [1.82, 2.24) is 19.3 Å². The van der Waals surface area contributed by atoms with E-state index in [2.05, 4.69) is 29.4 Å². The molecule has 11 nitrogen and oxygen atoms in total. The fourth-order valence-electron chi connectivity index (χ4n) is 6.30. The maximum absolute atomic E-state index is 14.5. The molecule has 0 unspecified atom stereocenters. The number of fused-ring (bicyclic) bond motifs is 1. The predicted octanol–water partition coefficient (Wildman–Crippen LogP) is 7.99. The zero-order valence-electron chi connectivity index (χ0n) is 29.7. The molecule has 0 saturated heterocycles. The molecule has 6 aromatic rings. The molecule has 2 aromatic heterocycles. The van der Waals surface area contributed by atoms with E-state index < -0.39 is 11.0 Å². The molecule has 272 valence electrons. The number of aromatic nitrogens is 4. The van der Waals surface area contributed by atoms with Crippen LogP contribution in [0.5, 0.6) is 0 Å². The lowest BCUT2D eigenvalue weighted by Gasteiger charge is -2.25. The number of anilines is 1. The number of amides is 1. The van der Waals surface area contributed by atoms with Crippen LogP contribution < -0.4 is 20.2 Å². The summed E-state index contributed by atoms with van der Waals surface area (Å²) < 4.78 is 3.78.